The lowest BCUT2D eigenvalue weighted by Gasteiger charge is -2.40. The lowest BCUT2D eigenvalue weighted by atomic mass is 9.89. The highest BCUT2D eigenvalue weighted by Gasteiger charge is 2.29. The second kappa shape index (κ2) is 21.0. The molecule has 2 aromatic rings. The first-order chi connectivity index (χ1) is 23.8. The molecule has 1 unspecified atom stereocenters. The maximum absolute atomic E-state index is 14.4. The average Bonchev–Trinajstić information content (AvgIpc) is 3.07. The third-order valence-electron chi connectivity index (χ3n) is 9.85. The number of anilines is 2. The number of benzene rings is 2. The number of amides is 1. The van der Waals surface area contributed by atoms with Crippen LogP contribution in [0.1, 0.15) is 116 Å². The van der Waals surface area contributed by atoms with Crippen molar-refractivity contribution in [3.63, 3.8) is 0 Å². The van der Waals surface area contributed by atoms with E-state index in [4.69, 9.17) is 16.3 Å². The van der Waals surface area contributed by atoms with E-state index in [2.05, 4.69) is 43.2 Å². The molecule has 10 heteroatoms. The van der Waals surface area contributed by atoms with E-state index in [9.17, 15) is 24.2 Å². The molecule has 50 heavy (non-hydrogen) atoms. The molecular weight excluding hydrogens is 657 g/mol. The van der Waals surface area contributed by atoms with Crippen molar-refractivity contribution in [2.75, 3.05) is 30.4 Å². The highest BCUT2D eigenvalue weighted by atomic mass is 35.5. The van der Waals surface area contributed by atoms with Crippen LogP contribution in [0.5, 0.6) is 0 Å². The quantitative estimate of drug-likeness (QED) is 0.146. The summed E-state index contributed by atoms with van der Waals surface area (Å²) in [5.41, 5.74) is 2.65. The second-order valence-electron chi connectivity index (χ2n) is 15.0. The standard InChI is InChI=1S/C30H40ClFN2O4.C10H21NO/c1-5-20(16-30(36)37)21-7-13-28(34(18-19(2)3)24-9-11-25(38-4)12-10-24)27(14-21)33-29(35)15-22-6-8-23(31)17-26(22)32;1-8(2)7-11-9-3-5-10(12)6-4-9/h6-8,13-14,17,19-20,24-25H,5,9-12,15-16,18H2,1-4H3,(H,33,35)(H,36,37);8-12H,3-7H2,1-2H3. The number of nitrogens with one attached hydrogen (secondary N) is 2. The van der Waals surface area contributed by atoms with Crippen LogP contribution in [0.2, 0.25) is 5.02 Å². The van der Waals surface area contributed by atoms with Gasteiger partial charge in [0, 0.05) is 30.8 Å². The number of hydrogen-bond acceptors (Lipinski definition) is 6. The predicted molar refractivity (Wildman–Crippen MR) is 202 cm³/mol. The lowest BCUT2D eigenvalue weighted by molar-refractivity contribution is -0.137. The Morgan fingerprint density at radius 1 is 0.980 bits per heavy atom. The summed E-state index contributed by atoms with van der Waals surface area (Å²) >= 11 is 5.87. The third-order valence-corrected chi connectivity index (χ3v) is 10.1. The fourth-order valence-corrected chi connectivity index (χ4v) is 7.17. The third kappa shape index (κ3) is 13.8. The van der Waals surface area contributed by atoms with E-state index in [0.29, 0.717) is 30.1 Å². The summed E-state index contributed by atoms with van der Waals surface area (Å²) in [4.78, 5) is 27.0. The van der Waals surface area contributed by atoms with Crippen LogP contribution in [0, 0.1) is 17.7 Å². The monoisotopic (exact) mass is 717 g/mol. The average molecular weight is 718 g/mol. The largest absolute Gasteiger partial charge is 0.481 e. The molecule has 2 saturated carbocycles. The molecule has 0 heterocycles. The Kier molecular flexibility index (Phi) is 17.5. The van der Waals surface area contributed by atoms with Crippen molar-refractivity contribution in [3.05, 3.63) is 58.4 Å². The summed E-state index contributed by atoms with van der Waals surface area (Å²) < 4.78 is 20.0. The number of carbonyl (C=O) groups excluding carboxylic acids is 1. The number of methoxy groups -OCH3 is 1. The Morgan fingerprint density at radius 3 is 2.22 bits per heavy atom. The van der Waals surface area contributed by atoms with Crippen molar-refractivity contribution < 1.29 is 28.9 Å². The number of aliphatic hydroxyl groups excluding tert-OH is 1. The fourth-order valence-electron chi connectivity index (χ4n) is 7.01. The smallest absolute Gasteiger partial charge is 0.303 e. The van der Waals surface area contributed by atoms with E-state index in [-0.39, 0.29) is 47.5 Å². The van der Waals surface area contributed by atoms with Crippen LogP contribution in [-0.4, -0.2) is 66.6 Å². The molecule has 0 aromatic heterocycles. The number of carbonyl (C=O) groups is 2. The molecule has 2 fully saturated rings. The number of carboxylic acids is 1. The van der Waals surface area contributed by atoms with Gasteiger partial charge in [0.15, 0.2) is 0 Å². The number of rotatable bonds is 15. The summed E-state index contributed by atoms with van der Waals surface area (Å²) in [5, 5.41) is 25.5. The molecule has 0 bridgehead atoms. The zero-order chi connectivity index (χ0) is 36.8. The summed E-state index contributed by atoms with van der Waals surface area (Å²) in [6.45, 7) is 12.7. The molecule has 1 atom stereocenters. The van der Waals surface area contributed by atoms with Crippen molar-refractivity contribution in [2.45, 2.75) is 135 Å². The van der Waals surface area contributed by atoms with Gasteiger partial charge in [0.1, 0.15) is 5.82 Å². The Balaban J connectivity index is 0.000000474. The van der Waals surface area contributed by atoms with Crippen LogP contribution in [0.4, 0.5) is 15.8 Å². The maximum Gasteiger partial charge on any atom is 0.303 e. The number of aliphatic carboxylic acids is 1. The normalized spacial score (nSPS) is 21.3. The molecule has 4 N–H and O–H groups in total. The predicted octanol–water partition coefficient (Wildman–Crippen LogP) is 8.58. The Bertz CT molecular complexity index is 1340. The first-order valence-electron chi connectivity index (χ1n) is 18.6. The molecule has 0 radical (unpaired) electrons. The van der Waals surface area contributed by atoms with Crippen LogP contribution < -0.4 is 15.5 Å². The highest BCUT2D eigenvalue weighted by Crippen LogP contribution is 2.37. The van der Waals surface area contributed by atoms with Gasteiger partial charge in [-0.3, -0.25) is 9.59 Å². The van der Waals surface area contributed by atoms with Crippen molar-refractivity contribution in [2.24, 2.45) is 11.8 Å². The second-order valence-corrected chi connectivity index (χ2v) is 15.4. The van der Waals surface area contributed by atoms with Gasteiger partial charge in [-0.05, 0) is 117 Å². The fraction of sp³-hybridized carbons (Fsp3) is 0.650. The molecule has 2 aliphatic carbocycles. The van der Waals surface area contributed by atoms with E-state index < -0.39 is 11.8 Å². The van der Waals surface area contributed by atoms with E-state index in [1.54, 1.807) is 13.2 Å². The lowest BCUT2D eigenvalue weighted by Crippen LogP contribution is -2.42. The molecule has 0 spiro atoms. The van der Waals surface area contributed by atoms with Gasteiger partial charge in [-0.25, -0.2) is 4.39 Å². The van der Waals surface area contributed by atoms with Gasteiger partial charge in [-0.15, -0.1) is 0 Å². The first-order valence-corrected chi connectivity index (χ1v) is 19.0. The minimum Gasteiger partial charge on any atom is -0.481 e. The first kappa shape index (κ1) is 41.7. The van der Waals surface area contributed by atoms with E-state index in [1.807, 2.05) is 25.1 Å². The van der Waals surface area contributed by atoms with Gasteiger partial charge >= 0.3 is 5.97 Å². The molecular formula is C40H61ClFN3O5. The van der Waals surface area contributed by atoms with Crippen molar-refractivity contribution in [1.82, 2.24) is 5.32 Å². The van der Waals surface area contributed by atoms with Crippen LogP contribution in [-0.2, 0) is 20.7 Å². The Morgan fingerprint density at radius 2 is 1.66 bits per heavy atom. The molecule has 280 valence electrons. The molecule has 4 rings (SSSR count). The Labute approximate surface area is 304 Å². The number of ether oxygens (including phenoxy) is 1. The Hall–Kier alpha value is -2.72. The molecule has 8 nitrogen and oxygen atoms in total. The number of hydrogen-bond donors (Lipinski definition) is 4. The summed E-state index contributed by atoms with van der Waals surface area (Å²) in [6.07, 6.45) is 8.94. The zero-order valence-electron chi connectivity index (χ0n) is 31.0. The number of nitrogens with zero attached hydrogens (tertiary/aromatic N) is 1. The number of carboxylic acid groups (broad SMARTS) is 1. The molecule has 2 aliphatic rings. The maximum atomic E-state index is 14.4. The van der Waals surface area contributed by atoms with Crippen molar-refractivity contribution in [1.29, 1.82) is 0 Å². The van der Waals surface area contributed by atoms with Crippen molar-refractivity contribution >= 4 is 34.9 Å². The summed E-state index contributed by atoms with van der Waals surface area (Å²) in [7, 11) is 1.76. The summed E-state index contributed by atoms with van der Waals surface area (Å²) in [6, 6.07) is 11.1. The summed E-state index contributed by atoms with van der Waals surface area (Å²) in [5.74, 6) is -0.787. The van der Waals surface area contributed by atoms with Crippen LogP contribution in [0.15, 0.2) is 36.4 Å². The molecule has 2 aromatic carbocycles. The molecule has 0 saturated heterocycles. The SMILES string of the molecule is CC(C)CNC1CCC(O)CC1.CCC(CC(=O)O)c1ccc(N(CC(C)C)C2CCC(OC)CC2)c(NC(=O)Cc2ccc(Cl)cc2F)c1. The topological polar surface area (TPSA) is 111 Å². The number of halogens is 2. The van der Waals surface area contributed by atoms with Gasteiger partial charge in [0.25, 0.3) is 0 Å². The minimum atomic E-state index is -0.860. The van der Waals surface area contributed by atoms with Gasteiger partial charge < -0.3 is 30.5 Å². The zero-order valence-corrected chi connectivity index (χ0v) is 31.8. The van der Waals surface area contributed by atoms with Gasteiger partial charge in [-0.1, -0.05) is 58.4 Å². The van der Waals surface area contributed by atoms with Crippen molar-refractivity contribution in [3.8, 4) is 0 Å². The van der Waals surface area contributed by atoms with Gasteiger partial charge in [-0.2, -0.15) is 0 Å². The van der Waals surface area contributed by atoms with E-state index in [1.165, 1.54) is 12.1 Å². The molecule has 0 aliphatic heterocycles. The van der Waals surface area contributed by atoms with E-state index >= 15 is 0 Å². The van der Waals surface area contributed by atoms with Gasteiger partial charge in [0.05, 0.1) is 36.4 Å². The van der Waals surface area contributed by atoms with E-state index in [0.717, 1.165) is 81.6 Å². The van der Waals surface area contributed by atoms with Crippen LogP contribution in [0.25, 0.3) is 0 Å². The minimum absolute atomic E-state index is 0.00988. The highest BCUT2D eigenvalue weighted by molar-refractivity contribution is 6.30. The van der Waals surface area contributed by atoms with Crippen LogP contribution >= 0.6 is 11.6 Å². The van der Waals surface area contributed by atoms with Gasteiger partial charge in [0.2, 0.25) is 5.91 Å². The molecule has 1 amide bonds. The van der Waals surface area contributed by atoms with Crippen LogP contribution in [0.3, 0.4) is 0 Å². The number of aliphatic hydroxyl groups is 1.